The number of thiophene rings is 1. The Bertz CT molecular complexity index is 876. The summed E-state index contributed by atoms with van der Waals surface area (Å²) in [6.07, 6.45) is 3.20. The Hall–Kier alpha value is -2.32. The molecular weight excluding hydrogens is 386 g/mol. The van der Waals surface area contributed by atoms with Gasteiger partial charge in [-0.05, 0) is 44.0 Å². The fourth-order valence-corrected chi connectivity index (χ4v) is 4.72. The van der Waals surface area contributed by atoms with Crippen LogP contribution in [0.1, 0.15) is 48.5 Å². The van der Waals surface area contributed by atoms with Gasteiger partial charge in [-0.25, -0.2) is 8.78 Å². The van der Waals surface area contributed by atoms with Crippen molar-refractivity contribution in [1.82, 2.24) is 5.32 Å². The van der Waals surface area contributed by atoms with E-state index in [4.69, 9.17) is 0 Å². The summed E-state index contributed by atoms with van der Waals surface area (Å²) < 4.78 is 26.9. The number of halogens is 2. The maximum atomic E-state index is 13.6. The Morgan fingerprint density at radius 1 is 1.18 bits per heavy atom. The fraction of sp³-hybridized carbons (Fsp3) is 0.400. The molecule has 1 aliphatic carbocycles. The van der Waals surface area contributed by atoms with Crippen LogP contribution in [0.2, 0.25) is 0 Å². The van der Waals surface area contributed by atoms with Crippen molar-refractivity contribution >= 4 is 28.8 Å². The Morgan fingerprint density at radius 2 is 1.89 bits per heavy atom. The quantitative estimate of drug-likeness (QED) is 0.661. The number of benzene rings is 1. The Morgan fingerprint density at radius 3 is 2.54 bits per heavy atom. The molecule has 1 aromatic heterocycles. The van der Waals surface area contributed by atoms with Crippen LogP contribution in [-0.2, 0) is 15.0 Å². The van der Waals surface area contributed by atoms with Crippen LogP contribution < -0.4 is 10.6 Å². The lowest BCUT2D eigenvalue weighted by Gasteiger charge is -2.28. The molecule has 2 amide bonds. The Balaban J connectivity index is 1.67. The number of aliphatic hydroxyl groups excluding tert-OH is 1. The molecule has 1 saturated carbocycles. The minimum absolute atomic E-state index is 0.269. The first-order valence-electron chi connectivity index (χ1n) is 9.13. The molecule has 1 heterocycles. The second-order valence-corrected chi connectivity index (χ2v) is 8.24. The van der Waals surface area contributed by atoms with E-state index in [-0.39, 0.29) is 17.6 Å². The highest BCUT2D eigenvalue weighted by molar-refractivity contribution is 7.12. The van der Waals surface area contributed by atoms with Crippen LogP contribution in [0.3, 0.4) is 0 Å². The van der Waals surface area contributed by atoms with Gasteiger partial charge in [0.25, 0.3) is 0 Å². The average Bonchev–Trinajstić information content (AvgIpc) is 3.32. The molecule has 0 spiro atoms. The summed E-state index contributed by atoms with van der Waals surface area (Å²) in [5, 5.41) is 14.5. The van der Waals surface area contributed by atoms with Gasteiger partial charge >= 0.3 is 11.8 Å². The van der Waals surface area contributed by atoms with E-state index in [2.05, 4.69) is 10.6 Å². The first kappa shape index (κ1) is 20.4. The Kier molecular flexibility index (Phi) is 6.10. The van der Waals surface area contributed by atoms with Gasteiger partial charge in [0.15, 0.2) is 0 Å². The highest BCUT2D eigenvalue weighted by Crippen LogP contribution is 2.44. The Labute approximate surface area is 165 Å². The lowest BCUT2D eigenvalue weighted by atomic mass is 9.84. The molecule has 0 radical (unpaired) electrons. The van der Waals surface area contributed by atoms with E-state index >= 15 is 0 Å². The van der Waals surface area contributed by atoms with Gasteiger partial charge in [0, 0.05) is 27.8 Å². The van der Waals surface area contributed by atoms with Gasteiger partial charge < -0.3 is 15.7 Å². The highest BCUT2D eigenvalue weighted by atomic mass is 32.1. The molecule has 0 saturated heterocycles. The molecule has 1 unspecified atom stereocenters. The van der Waals surface area contributed by atoms with Crippen LogP contribution in [-0.4, -0.2) is 23.5 Å². The van der Waals surface area contributed by atoms with Crippen LogP contribution in [0.25, 0.3) is 0 Å². The van der Waals surface area contributed by atoms with Crippen LogP contribution in [0.15, 0.2) is 30.3 Å². The summed E-state index contributed by atoms with van der Waals surface area (Å²) in [6.45, 7) is 1.97. The van der Waals surface area contributed by atoms with E-state index in [0.29, 0.717) is 0 Å². The van der Waals surface area contributed by atoms with Crippen molar-refractivity contribution in [2.75, 3.05) is 11.9 Å². The number of rotatable bonds is 5. The van der Waals surface area contributed by atoms with Gasteiger partial charge in [-0.3, -0.25) is 9.59 Å². The molecule has 3 N–H and O–H groups in total. The third-order valence-corrected chi connectivity index (χ3v) is 6.59. The molecule has 150 valence electrons. The van der Waals surface area contributed by atoms with E-state index in [9.17, 15) is 23.5 Å². The number of carbonyl (C=O) groups is 2. The number of aliphatic hydroxyl groups is 1. The first-order chi connectivity index (χ1) is 13.3. The molecule has 1 aromatic carbocycles. The summed E-state index contributed by atoms with van der Waals surface area (Å²) in [4.78, 5) is 26.2. The largest absolute Gasteiger partial charge is 0.388 e. The predicted octanol–water partition coefficient (Wildman–Crippen LogP) is 3.65. The average molecular weight is 408 g/mol. The van der Waals surface area contributed by atoms with Gasteiger partial charge in [-0.2, -0.15) is 0 Å². The van der Waals surface area contributed by atoms with Crippen molar-refractivity contribution in [3.63, 3.8) is 0 Å². The summed E-state index contributed by atoms with van der Waals surface area (Å²) in [5.41, 5.74) is -0.659. The number of anilines is 1. The number of nitrogens with one attached hydrogen (secondary N) is 2. The zero-order valence-corrected chi connectivity index (χ0v) is 16.2. The zero-order chi connectivity index (χ0) is 20.3. The molecule has 8 heteroatoms. The fourth-order valence-electron chi connectivity index (χ4n) is 3.53. The molecule has 2 aromatic rings. The summed E-state index contributed by atoms with van der Waals surface area (Å²) in [7, 11) is 0. The van der Waals surface area contributed by atoms with Crippen LogP contribution >= 0.6 is 11.3 Å². The number of hydrogen-bond donors (Lipinski definition) is 3. The lowest BCUT2D eigenvalue weighted by Crippen LogP contribution is -2.43. The van der Waals surface area contributed by atoms with Crippen molar-refractivity contribution < 1.29 is 23.5 Å². The molecule has 28 heavy (non-hydrogen) atoms. The monoisotopic (exact) mass is 408 g/mol. The maximum Gasteiger partial charge on any atom is 0.313 e. The zero-order valence-electron chi connectivity index (χ0n) is 15.4. The maximum absolute atomic E-state index is 13.6. The van der Waals surface area contributed by atoms with Crippen LogP contribution in [0, 0.1) is 11.6 Å². The topological polar surface area (TPSA) is 78.4 Å². The van der Waals surface area contributed by atoms with E-state index in [0.717, 1.165) is 53.6 Å². The normalized spacial score (nSPS) is 16.6. The SMILES string of the molecule is CC(O)c1ccc(C2(CNC(=O)C(=O)Nc3cc(F)ccc3F)CCCC2)s1. The molecule has 0 bridgehead atoms. The van der Waals surface area contributed by atoms with E-state index in [1.807, 2.05) is 12.1 Å². The summed E-state index contributed by atoms with van der Waals surface area (Å²) in [5.74, 6) is -3.48. The van der Waals surface area contributed by atoms with Crippen LogP contribution in [0.4, 0.5) is 14.5 Å². The second kappa shape index (κ2) is 8.36. The minimum atomic E-state index is -1.05. The van der Waals surface area contributed by atoms with Gasteiger partial charge in [0.2, 0.25) is 0 Å². The molecule has 1 atom stereocenters. The van der Waals surface area contributed by atoms with Crippen molar-refractivity contribution in [2.24, 2.45) is 0 Å². The van der Waals surface area contributed by atoms with E-state index in [1.165, 1.54) is 11.3 Å². The molecule has 0 aliphatic heterocycles. The highest BCUT2D eigenvalue weighted by Gasteiger charge is 2.38. The molecule has 5 nitrogen and oxygen atoms in total. The van der Waals surface area contributed by atoms with E-state index in [1.54, 1.807) is 6.92 Å². The number of carbonyl (C=O) groups excluding carboxylic acids is 2. The minimum Gasteiger partial charge on any atom is -0.388 e. The summed E-state index contributed by atoms with van der Waals surface area (Å²) in [6, 6.07) is 6.48. The predicted molar refractivity (Wildman–Crippen MR) is 103 cm³/mol. The van der Waals surface area contributed by atoms with Crippen LogP contribution in [0.5, 0.6) is 0 Å². The lowest BCUT2D eigenvalue weighted by molar-refractivity contribution is -0.136. The van der Waals surface area contributed by atoms with Crippen molar-refractivity contribution in [3.05, 3.63) is 51.7 Å². The van der Waals surface area contributed by atoms with Gasteiger partial charge in [-0.1, -0.05) is 12.8 Å². The number of amides is 2. The van der Waals surface area contributed by atoms with Gasteiger partial charge in [0.05, 0.1) is 11.8 Å². The molecular formula is C20H22F2N2O3S. The molecule has 3 rings (SSSR count). The van der Waals surface area contributed by atoms with Gasteiger partial charge in [-0.15, -0.1) is 11.3 Å². The summed E-state index contributed by atoms with van der Waals surface area (Å²) >= 11 is 1.51. The van der Waals surface area contributed by atoms with Crippen molar-refractivity contribution in [2.45, 2.75) is 44.1 Å². The second-order valence-electron chi connectivity index (χ2n) is 7.13. The molecule has 1 aliphatic rings. The van der Waals surface area contributed by atoms with E-state index < -0.39 is 29.6 Å². The third kappa shape index (κ3) is 4.39. The van der Waals surface area contributed by atoms with Crippen molar-refractivity contribution in [1.29, 1.82) is 0 Å². The third-order valence-electron chi connectivity index (χ3n) is 5.09. The smallest absolute Gasteiger partial charge is 0.313 e. The van der Waals surface area contributed by atoms with Gasteiger partial charge in [0.1, 0.15) is 11.6 Å². The molecule has 1 fully saturated rings. The standard InChI is InChI=1S/C20H22F2N2O3S/c1-12(25)16-6-7-17(28-16)20(8-2-3-9-20)11-23-18(26)19(27)24-15-10-13(21)4-5-14(15)22/h4-7,10,12,25H,2-3,8-9,11H2,1H3,(H,23,26)(H,24,27). The number of hydrogen-bond acceptors (Lipinski definition) is 4. The van der Waals surface area contributed by atoms with Crippen molar-refractivity contribution in [3.8, 4) is 0 Å². The first-order valence-corrected chi connectivity index (χ1v) is 9.95.